The molecule has 4 atom stereocenters. The van der Waals surface area contributed by atoms with Gasteiger partial charge in [-0.2, -0.15) is 0 Å². The van der Waals surface area contributed by atoms with E-state index in [1.807, 2.05) is 112 Å². The van der Waals surface area contributed by atoms with Crippen LogP contribution in [-0.2, 0) is 46.1 Å². The zero-order chi connectivity index (χ0) is 76.4. The first-order valence-corrected chi connectivity index (χ1v) is 39.2. The molecule has 6 aliphatic rings. The predicted molar refractivity (Wildman–Crippen MR) is 432 cm³/mol. The molecule has 27 heteroatoms. The van der Waals surface area contributed by atoms with Crippen LogP contribution in [0.3, 0.4) is 0 Å². The summed E-state index contributed by atoms with van der Waals surface area (Å²) < 4.78 is 38.2. The number of ketones is 4. The molecule has 2 saturated carbocycles. The van der Waals surface area contributed by atoms with E-state index in [9.17, 15) is 37.5 Å². The molecule has 1 N–H and O–H groups in total. The van der Waals surface area contributed by atoms with Crippen LogP contribution in [0, 0.1) is 11.6 Å². The minimum Gasteiger partial charge on any atom is -0.354 e. The molecule has 112 heavy (non-hydrogen) atoms. The minimum atomic E-state index is -0.582. The van der Waals surface area contributed by atoms with Gasteiger partial charge in [-0.1, -0.05) is 74.0 Å². The van der Waals surface area contributed by atoms with E-state index in [-0.39, 0.29) is 83.5 Å². The number of hydrogen-bond acceptors (Lipinski definition) is 18. The quantitative estimate of drug-likeness (QED) is 0.0834. The van der Waals surface area contributed by atoms with Gasteiger partial charge in [-0.15, -0.1) is 22.6 Å². The Kier molecular flexibility index (Phi) is 22.8. The smallest absolute Gasteiger partial charge is 0.329 e. The summed E-state index contributed by atoms with van der Waals surface area (Å²) in [5.41, 5.74) is 12.0. The van der Waals surface area contributed by atoms with E-state index in [1.54, 1.807) is 56.6 Å². The van der Waals surface area contributed by atoms with Crippen molar-refractivity contribution in [3.05, 3.63) is 213 Å². The second-order valence-electron chi connectivity index (χ2n) is 30.0. The average Bonchev–Trinajstić information content (AvgIpc) is 1.60. The Balaban J connectivity index is 0.000000147. The highest BCUT2D eigenvalue weighted by Gasteiger charge is 2.35. The third-order valence-electron chi connectivity index (χ3n) is 23.0. The summed E-state index contributed by atoms with van der Waals surface area (Å²) in [7, 11) is 3.53. The van der Waals surface area contributed by atoms with Crippen LogP contribution in [0.1, 0.15) is 137 Å². The molecule has 2 aliphatic carbocycles. The molecule has 4 aliphatic heterocycles. The molecule has 4 aromatic carbocycles. The van der Waals surface area contributed by atoms with Gasteiger partial charge in [-0.25, -0.2) is 47.3 Å². The number of piperazine rings is 2. The predicted octanol–water partition coefficient (Wildman–Crippen LogP) is 12.2. The van der Waals surface area contributed by atoms with Gasteiger partial charge in [0.2, 0.25) is 0 Å². The molecule has 8 aromatic heterocycles. The molecule has 12 aromatic rings. The zero-order valence-electron chi connectivity index (χ0n) is 63.4. The Hall–Kier alpha value is -11.1. The van der Waals surface area contributed by atoms with Crippen molar-refractivity contribution in [2.24, 2.45) is 14.1 Å². The second-order valence-corrected chi connectivity index (χ2v) is 30.0. The van der Waals surface area contributed by atoms with E-state index in [4.69, 9.17) is 20.2 Å². The van der Waals surface area contributed by atoms with Crippen LogP contribution in [0.5, 0.6) is 0 Å². The van der Waals surface area contributed by atoms with E-state index < -0.39 is 12.1 Å². The van der Waals surface area contributed by atoms with E-state index >= 15 is 0 Å². The van der Waals surface area contributed by atoms with Crippen molar-refractivity contribution in [3.8, 4) is 22.8 Å². The number of pyridine rings is 2. The number of aryl methyl sites for hydroxylation is 4. The summed E-state index contributed by atoms with van der Waals surface area (Å²) >= 11 is 0. The molecular formula is C85H93ClF2N18O6. The van der Waals surface area contributed by atoms with Crippen molar-refractivity contribution in [2.45, 2.75) is 127 Å². The van der Waals surface area contributed by atoms with Gasteiger partial charge in [0.05, 0.1) is 82.9 Å². The summed E-state index contributed by atoms with van der Waals surface area (Å²) in [5.74, 6) is 2.79. The highest BCUT2D eigenvalue weighted by atomic mass is 35.5. The maximum atomic E-state index is 14.1. The van der Waals surface area contributed by atoms with Crippen molar-refractivity contribution >= 4 is 92.2 Å². The second kappa shape index (κ2) is 33.5. The van der Waals surface area contributed by atoms with Gasteiger partial charge in [0.25, 0.3) is 0 Å². The average molecular weight is 1540 g/mol. The van der Waals surface area contributed by atoms with Gasteiger partial charge in [0.1, 0.15) is 57.9 Å². The minimum absolute atomic E-state index is 0. The molecule has 4 saturated heterocycles. The lowest BCUT2D eigenvalue weighted by molar-refractivity contribution is -0.133. The summed E-state index contributed by atoms with van der Waals surface area (Å²) in [5, 5.41) is 13.4. The molecule has 24 nitrogen and oxygen atoms in total. The van der Waals surface area contributed by atoms with Gasteiger partial charge in [-0.05, 0) is 178 Å². The number of imidazole rings is 4. The third kappa shape index (κ3) is 15.6. The largest absolute Gasteiger partial charge is 0.354 e. The number of para-hydroxylation sites is 2. The fourth-order valence-corrected chi connectivity index (χ4v) is 17.3. The lowest BCUT2D eigenvalue weighted by Gasteiger charge is -2.35. The highest BCUT2D eigenvalue weighted by Crippen LogP contribution is 2.39. The molecule has 0 radical (unpaired) electrons. The summed E-state index contributed by atoms with van der Waals surface area (Å²) in [6, 6.07) is 44.9. The highest BCUT2D eigenvalue weighted by molar-refractivity contribution is 6.04. The fraction of sp³-hybridized carbons (Fsp3) is 0.388. The molecule has 0 spiro atoms. The van der Waals surface area contributed by atoms with Crippen LogP contribution in [0.4, 0.5) is 32.1 Å². The fourth-order valence-electron chi connectivity index (χ4n) is 17.3. The number of rotatable bonds is 17. The van der Waals surface area contributed by atoms with Crippen molar-refractivity contribution < 1.29 is 28.0 Å². The number of aromatic nitrogens is 12. The number of hydrogen-bond donors (Lipinski definition) is 1. The Morgan fingerprint density at radius 3 is 1.39 bits per heavy atom. The summed E-state index contributed by atoms with van der Waals surface area (Å²) in [6.45, 7) is 12.2. The Bertz CT molecular complexity index is 5620. The monoisotopic (exact) mass is 1530 g/mol. The third-order valence-corrected chi connectivity index (χ3v) is 23.0. The molecule has 580 valence electrons. The molecule has 12 heterocycles. The van der Waals surface area contributed by atoms with Crippen LogP contribution >= 0.6 is 12.4 Å². The van der Waals surface area contributed by atoms with Gasteiger partial charge < -0.3 is 24.9 Å². The first-order chi connectivity index (χ1) is 54.1. The molecule has 6 fully saturated rings. The SMILES string of the molecule is CCCCc1cccc2c1n(C)c(=O)n2C1CCC(=O)CC1=O.Cl.Cn1c(=O)n(C2CCC(=O)CC2=O)c2cccc(CCCN3CCN(c4cccc(-c5cnc6ccc(N7CCC[C@@H]7c7cccc(F)c7)nn56)n4)CC3)c21.Fc1cccc(C2CCCN2c2ccc3ncc(-c4cccc(N5CCNCC5)n4)n3n2)c1. The van der Waals surface area contributed by atoms with Crippen molar-refractivity contribution in [1.29, 1.82) is 0 Å². The van der Waals surface area contributed by atoms with E-state index in [0.717, 1.165) is 231 Å². The van der Waals surface area contributed by atoms with E-state index in [0.29, 0.717) is 25.7 Å². The van der Waals surface area contributed by atoms with Gasteiger partial charge in [0, 0.05) is 92.4 Å². The van der Waals surface area contributed by atoms with Gasteiger partial charge in [-0.3, -0.25) is 42.3 Å². The van der Waals surface area contributed by atoms with Crippen molar-refractivity contribution in [3.63, 3.8) is 0 Å². The van der Waals surface area contributed by atoms with Crippen LogP contribution < -0.4 is 36.3 Å². The molecule has 0 amide bonds. The number of benzene rings is 4. The summed E-state index contributed by atoms with van der Waals surface area (Å²) in [6.07, 6.45) is 13.8. The van der Waals surface area contributed by atoms with Crippen LogP contribution in [0.25, 0.3) is 56.1 Å². The molecule has 3 unspecified atom stereocenters. The first-order valence-electron chi connectivity index (χ1n) is 39.2. The maximum absolute atomic E-state index is 14.1. The number of halogens is 3. The Morgan fingerprint density at radius 1 is 0.473 bits per heavy atom. The van der Waals surface area contributed by atoms with Crippen LogP contribution in [0.15, 0.2) is 168 Å². The van der Waals surface area contributed by atoms with Gasteiger partial charge >= 0.3 is 11.4 Å². The number of fused-ring (bicyclic) bond motifs is 4. The normalized spacial score (nSPS) is 19.1. The van der Waals surface area contributed by atoms with Crippen molar-refractivity contribution in [1.82, 2.24) is 67.6 Å². The summed E-state index contributed by atoms with van der Waals surface area (Å²) in [4.78, 5) is 105. The maximum Gasteiger partial charge on any atom is 0.329 e. The molecular weight excluding hydrogens is 1440 g/mol. The topological polar surface area (TPSA) is 237 Å². The van der Waals surface area contributed by atoms with Gasteiger partial charge in [0.15, 0.2) is 22.9 Å². The lowest BCUT2D eigenvalue weighted by atomic mass is 9.92. The number of unbranched alkanes of at least 4 members (excludes halogenated alkanes) is 1. The number of Topliss-reactive ketones (excluding diaryl/α,β-unsaturated/α-hetero) is 4. The number of carbonyl (C=O) groups excluding carboxylic acids is 4. The Morgan fingerprint density at radius 2 is 0.929 bits per heavy atom. The molecule has 0 bridgehead atoms. The van der Waals surface area contributed by atoms with E-state index in [1.165, 1.54) is 12.1 Å². The lowest BCUT2D eigenvalue weighted by Crippen LogP contribution is -2.47. The number of nitrogens with zero attached hydrogens (tertiary/aromatic N) is 17. The Labute approximate surface area is 653 Å². The van der Waals surface area contributed by atoms with Crippen LogP contribution in [-0.4, -0.2) is 157 Å². The zero-order valence-corrected chi connectivity index (χ0v) is 64.2. The number of nitrogens with one attached hydrogen (secondary N) is 1. The van der Waals surface area contributed by atoms with Crippen molar-refractivity contribution in [2.75, 3.05) is 91.6 Å². The molecule has 18 rings (SSSR count). The standard InChI is InChI=1S/C42H44FN9O3.C25H26FN7.C18H22N2O3.ClH/c1-47-41-28(7-3-12-35(41)51(42(47)55)34-16-15-31(53)26-37(34)54)9-5-19-48-21-23-49(24-22-48)39-14-4-11-32(45-39)36-27-44-38-17-18-40(46-52(36)38)50-20-6-13-33(50)29-8-2-10-30(43)25-29;26-19-5-1-4-18(16-19)21-7-3-13-32(21)25-10-9-23-28-17-22(33(23)30-25)20-6-2-8-24(29-20)31-14-11-27-12-15-31;1-3-4-6-12-7-5-8-15-17(12)19(2)18(23)20(15)14-10-9-13(21)11-16(14)22;/h2-4,7-8,10-12,14,17-18,25,27,33-34H,5-6,9,13,15-16,19-24,26H2,1H3;1-2,4-6,8-10,16-17,21,27H,3,7,11-15H2;5,7-8,14H,3-4,6,9-11H2,1-2H3;1H/t33-,34?;;;/m1.../s1. The van der Waals surface area contributed by atoms with Crippen LogP contribution in [0.2, 0.25) is 0 Å². The number of carbonyl (C=O) groups is 4. The number of anilines is 4. The first kappa shape index (κ1) is 76.3. The van der Waals surface area contributed by atoms with E-state index in [2.05, 4.69) is 64.9 Å².